The molecule has 0 aliphatic heterocycles. The van der Waals surface area contributed by atoms with Crippen molar-refractivity contribution in [2.75, 3.05) is 0 Å². The van der Waals surface area contributed by atoms with Crippen molar-refractivity contribution in [1.29, 1.82) is 0 Å². The molecule has 28 heavy (non-hydrogen) atoms. The van der Waals surface area contributed by atoms with E-state index in [0.717, 1.165) is 0 Å². The second-order valence-electron chi connectivity index (χ2n) is 6.30. The first kappa shape index (κ1) is 17.7. The van der Waals surface area contributed by atoms with Crippen molar-refractivity contribution in [1.82, 2.24) is 14.5 Å². The van der Waals surface area contributed by atoms with Crippen molar-refractivity contribution in [3.8, 4) is 22.9 Å². The van der Waals surface area contributed by atoms with Gasteiger partial charge in [-0.3, -0.25) is 14.3 Å². The van der Waals surface area contributed by atoms with Gasteiger partial charge in [0.25, 0.3) is 5.56 Å². The zero-order valence-electron chi connectivity index (χ0n) is 15.2. The van der Waals surface area contributed by atoms with Gasteiger partial charge in [-0.25, -0.2) is 14.2 Å². The van der Waals surface area contributed by atoms with Gasteiger partial charge in [-0.05, 0) is 42.8 Å². The minimum Gasteiger partial charge on any atom is -0.464 e. The number of furan rings is 1. The highest BCUT2D eigenvalue weighted by molar-refractivity contribution is 5.82. The van der Waals surface area contributed by atoms with E-state index in [1.54, 1.807) is 37.4 Å². The number of nitrogens with one attached hydrogen (secondary N) is 1. The van der Waals surface area contributed by atoms with Crippen LogP contribution in [0.3, 0.4) is 0 Å². The van der Waals surface area contributed by atoms with Gasteiger partial charge in [0.2, 0.25) is 5.88 Å². The van der Waals surface area contributed by atoms with Crippen LogP contribution in [0.15, 0.2) is 56.8 Å². The molecule has 1 N–H and O–H groups in total. The second kappa shape index (κ2) is 6.80. The van der Waals surface area contributed by atoms with Crippen molar-refractivity contribution >= 4 is 11.0 Å². The Bertz CT molecular complexity index is 1270. The molecule has 0 atom stereocenters. The van der Waals surface area contributed by atoms with E-state index in [1.807, 2.05) is 0 Å². The number of pyridine rings is 1. The molecule has 0 fully saturated rings. The van der Waals surface area contributed by atoms with E-state index in [1.165, 1.54) is 23.9 Å². The number of fused-ring (bicyclic) bond motifs is 1. The van der Waals surface area contributed by atoms with Gasteiger partial charge in [0, 0.05) is 24.4 Å². The maximum atomic E-state index is 13.8. The van der Waals surface area contributed by atoms with Gasteiger partial charge in [-0.2, -0.15) is 0 Å². The number of H-pyrrole nitrogens is 1. The first-order valence-electron chi connectivity index (χ1n) is 8.49. The summed E-state index contributed by atoms with van der Waals surface area (Å²) in [5.41, 5.74) is 0.999. The Kier molecular flexibility index (Phi) is 4.31. The molecule has 4 aromatic rings. The number of halogens is 1. The van der Waals surface area contributed by atoms with Gasteiger partial charge < -0.3 is 9.15 Å². The topological polar surface area (TPSA) is 90.1 Å². The second-order valence-corrected chi connectivity index (χ2v) is 6.30. The molecule has 0 aliphatic carbocycles. The molecular weight excluding hydrogens is 364 g/mol. The molecule has 142 valence electrons. The van der Waals surface area contributed by atoms with Crippen LogP contribution in [0.1, 0.15) is 11.1 Å². The standard InChI is InChI=1S/C20H16FN3O4/c1-11-17(24(2)20(26)23-18(11)25)14-4-3-13(9-12(14)10-21)28-19-15-6-8-27-16(15)5-7-22-19/h3-9H,10H2,1-2H3,(H,23,25,26)/i2-1. The lowest BCUT2D eigenvalue weighted by Crippen LogP contribution is -2.31. The van der Waals surface area contributed by atoms with Crippen molar-refractivity contribution in [2.45, 2.75) is 13.6 Å². The lowest BCUT2D eigenvalue weighted by Gasteiger charge is -2.15. The first-order chi connectivity index (χ1) is 13.5. The lowest BCUT2D eigenvalue weighted by molar-refractivity contribution is 0.460. The van der Waals surface area contributed by atoms with Crippen molar-refractivity contribution < 1.29 is 13.5 Å². The lowest BCUT2D eigenvalue weighted by atomic mass is 10.0. The molecule has 1 aromatic carbocycles. The Balaban J connectivity index is 1.81. The maximum Gasteiger partial charge on any atom is 0.328 e. The summed E-state index contributed by atoms with van der Waals surface area (Å²) < 4.78 is 26.2. The van der Waals surface area contributed by atoms with E-state index < -0.39 is 17.9 Å². The number of aromatic amines is 1. The number of rotatable bonds is 4. The Labute approximate surface area is 158 Å². The quantitative estimate of drug-likeness (QED) is 0.586. The zero-order chi connectivity index (χ0) is 19.8. The highest BCUT2D eigenvalue weighted by Gasteiger charge is 2.16. The van der Waals surface area contributed by atoms with Crippen LogP contribution in [-0.2, 0) is 13.7 Å². The fourth-order valence-electron chi connectivity index (χ4n) is 3.16. The van der Waals surface area contributed by atoms with Crippen LogP contribution in [-0.4, -0.2) is 14.5 Å². The van der Waals surface area contributed by atoms with Crippen LogP contribution in [0.25, 0.3) is 22.2 Å². The number of nitrogens with zero attached hydrogens (tertiary/aromatic N) is 2. The van der Waals surface area contributed by atoms with Crippen LogP contribution < -0.4 is 16.0 Å². The van der Waals surface area contributed by atoms with E-state index in [2.05, 4.69) is 9.97 Å². The Hall–Kier alpha value is -3.68. The normalized spacial score (nSPS) is 11.1. The van der Waals surface area contributed by atoms with E-state index >= 15 is 0 Å². The minimum absolute atomic E-state index is 0.292. The molecule has 0 spiro atoms. The van der Waals surface area contributed by atoms with E-state index in [-0.39, 0.29) is 0 Å². The number of ether oxygens (including phenoxy) is 1. The maximum absolute atomic E-state index is 13.8. The molecule has 3 heterocycles. The van der Waals surface area contributed by atoms with Crippen LogP contribution in [0.4, 0.5) is 4.39 Å². The van der Waals surface area contributed by atoms with Gasteiger partial charge in [0.05, 0.1) is 17.3 Å². The number of alkyl halides is 1. The molecule has 3 aromatic heterocycles. The third-order valence-corrected chi connectivity index (χ3v) is 4.59. The summed E-state index contributed by atoms with van der Waals surface area (Å²) in [6, 6.07) is 8.24. The van der Waals surface area contributed by atoms with Gasteiger partial charge in [0.1, 0.15) is 18.0 Å². The number of hydrogen-bond donors (Lipinski definition) is 1. The van der Waals surface area contributed by atoms with Gasteiger partial charge in [-0.1, -0.05) is 0 Å². The molecule has 7 nitrogen and oxygen atoms in total. The average Bonchev–Trinajstić information content (AvgIpc) is 3.17. The molecule has 4 rings (SSSR count). The predicted molar refractivity (Wildman–Crippen MR) is 101 cm³/mol. The summed E-state index contributed by atoms with van der Waals surface area (Å²) in [6.45, 7) is 0.792. The zero-order valence-corrected chi connectivity index (χ0v) is 15.2. The average molecular weight is 380 g/mol. The third kappa shape index (κ3) is 2.88. The molecular formula is C20H16FN3O4. The molecule has 0 aliphatic rings. The molecule has 0 unspecified atom stereocenters. The van der Waals surface area contributed by atoms with Crippen molar-refractivity contribution in [3.05, 3.63) is 74.8 Å². The molecule has 0 amide bonds. The molecule has 0 saturated carbocycles. The number of hydrogen-bond acceptors (Lipinski definition) is 5. The van der Waals surface area contributed by atoms with E-state index in [0.29, 0.717) is 45.0 Å². The van der Waals surface area contributed by atoms with Crippen LogP contribution in [0.5, 0.6) is 11.6 Å². The molecule has 0 saturated heterocycles. The molecule has 8 heteroatoms. The van der Waals surface area contributed by atoms with Gasteiger partial charge in [-0.15, -0.1) is 0 Å². The SMILES string of the molecule is Cc1c(-c2ccc(Oc3nccc4occc34)cc2CF)n([11CH3])c(=O)[nH]c1=O. The third-order valence-electron chi connectivity index (χ3n) is 4.59. The van der Waals surface area contributed by atoms with Crippen LogP contribution >= 0.6 is 0 Å². The monoisotopic (exact) mass is 380 g/mol. The summed E-state index contributed by atoms with van der Waals surface area (Å²) in [5, 5.41) is 0.696. The summed E-state index contributed by atoms with van der Waals surface area (Å²) in [7, 11) is 1.52. The summed E-state index contributed by atoms with van der Waals surface area (Å²) in [4.78, 5) is 30.4. The highest BCUT2D eigenvalue weighted by atomic mass is 19.1. The molecule has 0 bridgehead atoms. The largest absolute Gasteiger partial charge is 0.464 e. The van der Waals surface area contributed by atoms with E-state index in [9.17, 15) is 14.0 Å². The van der Waals surface area contributed by atoms with Crippen LogP contribution in [0, 0.1) is 6.92 Å². The van der Waals surface area contributed by atoms with E-state index in [4.69, 9.17) is 9.15 Å². The Morgan fingerprint density at radius 1 is 1.25 bits per heavy atom. The van der Waals surface area contributed by atoms with Gasteiger partial charge >= 0.3 is 5.69 Å². The summed E-state index contributed by atoms with van der Waals surface area (Å²) >= 11 is 0. The van der Waals surface area contributed by atoms with Crippen molar-refractivity contribution in [3.63, 3.8) is 0 Å². The predicted octanol–water partition coefficient (Wildman–Crippen LogP) is 3.45. The van der Waals surface area contributed by atoms with Crippen LogP contribution in [0.2, 0.25) is 0 Å². The molecule has 0 radical (unpaired) electrons. The number of benzene rings is 1. The first-order valence-corrected chi connectivity index (χ1v) is 8.49. The van der Waals surface area contributed by atoms with Gasteiger partial charge in [0.15, 0.2) is 0 Å². The van der Waals surface area contributed by atoms with Crippen molar-refractivity contribution in [2.24, 2.45) is 7.05 Å². The summed E-state index contributed by atoms with van der Waals surface area (Å²) in [6.07, 6.45) is 3.09. The smallest absolute Gasteiger partial charge is 0.328 e. The summed E-state index contributed by atoms with van der Waals surface area (Å²) in [5.74, 6) is 0.716. The highest BCUT2D eigenvalue weighted by Crippen LogP contribution is 2.32. The Morgan fingerprint density at radius 3 is 2.86 bits per heavy atom. The number of aromatic nitrogens is 3. The minimum atomic E-state index is -0.795. The fraction of sp³-hybridized carbons (Fsp3) is 0.150. The Morgan fingerprint density at radius 2 is 2.07 bits per heavy atom. The fourth-order valence-corrected chi connectivity index (χ4v) is 3.16.